The first kappa shape index (κ1) is 16.0. The molecule has 1 aromatic rings. The molecule has 0 bridgehead atoms. The number of anilines is 2. The third kappa shape index (κ3) is 3.46. The molecular formula is C16H28N4O. The molecule has 21 heavy (non-hydrogen) atoms. The average Bonchev–Trinajstić information content (AvgIpc) is 2.90. The number of aromatic nitrogens is 2. The molecule has 1 aliphatic rings. The molecule has 118 valence electrons. The van der Waals surface area contributed by atoms with Gasteiger partial charge < -0.3 is 15.3 Å². The Balaban J connectivity index is 2.33. The lowest BCUT2D eigenvalue weighted by atomic mass is 10.0. The first-order chi connectivity index (χ1) is 9.93. The fourth-order valence-electron chi connectivity index (χ4n) is 2.80. The molecule has 2 atom stereocenters. The van der Waals surface area contributed by atoms with Crippen molar-refractivity contribution in [3.05, 3.63) is 11.4 Å². The van der Waals surface area contributed by atoms with E-state index in [4.69, 9.17) is 4.98 Å². The van der Waals surface area contributed by atoms with Gasteiger partial charge in [0.15, 0.2) is 0 Å². The zero-order valence-corrected chi connectivity index (χ0v) is 13.8. The van der Waals surface area contributed by atoms with Crippen molar-refractivity contribution in [3.63, 3.8) is 0 Å². The summed E-state index contributed by atoms with van der Waals surface area (Å²) in [6.07, 6.45) is 0.768. The van der Waals surface area contributed by atoms with Crippen LogP contribution in [0.3, 0.4) is 0 Å². The second kappa shape index (κ2) is 6.60. The normalized spacial score (nSPS) is 20.1. The largest absolute Gasteiger partial charge is 0.393 e. The van der Waals surface area contributed by atoms with Gasteiger partial charge in [-0.1, -0.05) is 13.8 Å². The maximum Gasteiger partial charge on any atom is 0.137 e. The van der Waals surface area contributed by atoms with Crippen LogP contribution >= 0.6 is 0 Å². The van der Waals surface area contributed by atoms with Gasteiger partial charge in [-0.15, -0.1) is 0 Å². The van der Waals surface area contributed by atoms with Crippen LogP contribution in [0.25, 0.3) is 0 Å². The van der Waals surface area contributed by atoms with Crippen LogP contribution in [0.2, 0.25) is 0 Å². The van der Waals surface area contributed by atoms with E-state index >= 15 is 0 Å². The summed E-state index contributed by atoms with van der Waals surface area (Å²) in [5.74, 6) is 3.48. The van der Waals surface area contributed by atoms with Crippen LogP contribution < -0.4 is 10.2 Å². The van der Waals surface area contributed by atoms with E-state index in [2.05, 4.69) is 42.9 Å². The summed E-state index contributed by atoms with van der Waals surface area (Å²) in [5, 5.41) is 13.1. The van der Waals surface area contributed by atoms with Crippen LogP contribution in [0.1, 0.15) is 51.4 Å². The molecule has 1 aliphatic heterocycles. The Morgan fingerprint density at radius 3 is 2.57 bits per heavy atom. The molecule has 2 rings (SSSR count). The maximum absolute atomic E-state index is 9.80. The zero-order valence-electron chi connectivity index (χ0n) is 13.8. The molecular weight excluding hydrogens is 264 g/mol. The Morgan fingerprint density at radius 2 is 2.05 bits per heavy atom. The highest BCUT2D eigenvalue weighted by atomic mass is 16.3. The number of aliphatic hydroxyl groups is 1. The van der Waals surface area contributed by atoms with Gasteiger partial charge in [0, 0.05) is 37.0 Å². The Kier molecular flexibility index (Phi) is 5.04. The van der Waals surface area contributed by atoms with E-state index in [1.165, 1.54) is 0 Å². The lowest BCUT2D eigenvalue weighted by molar-refractivity contribution is 0.136. The van der Waals surface area contributed by atoms with Crippen LogP contribution in [0.4, 0.5) is 11.6 Å². The third-order valence-electron chi connectivity index (χ3n) is 4.20. The van der Waals surface area contributed by atoms with Crippen LogP contribution in [-0.4, -0.2) is 40.8 Å². The minimum absolute atomic E-state index is 0.255. The molecule has 0 amide bonds. The number of nitrogens with zero attached hydrogens (tertiary/aromatic N) is 3. The first-order valence-corrected chi connectivity index (χ1v) is 7.99. The van der Waals surface area contributed by atoms with Crippen molar-refractivity contribution in [2.45, 2.75) is 53.1 Å². The minimum Gasteiger partial charge on any atom is -0.393 e. The fourth-order valence-corrected chi connectivity index (χ4v) is 2.80. The molecule has 0 spiro atoms. The fraction of sp³-hybridized carbons (Fsp3) is 0.750. The summed E-state index contributed by atoms with van der Waals surface area (Å²) in [4.78, 5) is 11.7. The predicted molar refractivity (Wildman–Crippen MR) is 87.0 cm³/mol. The van der Waals surface area contributed by atoms with Crippen molar-refractivity contribution < 1.29 is 5.11 Å². The van der Waals surface area contributed by atoms with E-state index < -0.39 is 0 Å². The van der Waals surface area contributed by atoms with Gasteiger partial charge in [-0.3, -0.25) is 0 Å². The van der Waals surface area contributed by atoms with E-state index in [0.717, 1.165) is 49.1 Å². The van der Waals surface area contributed by atoms with Crippen molar-refractivity contribution in [3.8, 4) is 0 Å². The molecule has 1 aromatic heterocycles. The minimum atomic E-state index is -0.255. The lowest BCUT2D eigenvalue weighted by Crippen LogP contribution is -2.26. The second-order valence-corrected chi connectivity index (χ2v) is 6.30. The van der Waals surface area contributed by atoms with Crippen molar-refractivity contribution in [1.82, 2.24) is 9.97 Å². The van der Waals surface area contributed by atoms with Gasteiger partial charge >= 0.3 is 0 Å². The van der Waals surface area contributed by atoms with E-state index in [9.17, 15) is 5.11 Å². The number of hydrogen-bond donors (Lipinski definition) is 2. The number of hydrogen-bond acceptors (Lipinski definition) is 5. The lowest BCUT2D eigenvalue weighted by Gasteiger charge is -2.23. The van der Waals surface area contributed by atoms with Gasteiger partial charge in [-0.05, 0) is 27.2 Å². The van der Waals surface area contributed by atoms with Crippen LogP contribution in [-0.2, 0) is 0 Å². The summed E-state index contributed by atoms with van der Waals surface area (Å²) in [5.41, 5.74) is 1.10. The summed E-state index contributed by atoms with van der Waals surface area (Å²) >= 11 is 0. The van der Waals surface area contributed by atoms with Gasteiger partial charge in [0.1, 0.15) is 17.5 Å². The van der Waals surface area contributed by atoms with Gasteiger partial charge in [-0.25, -0.2) is 9.97 Å². The van der Waals surface area contributed by atoms with Gasteiger partial charge in [0.05, 0.1) is 6.10 Å². The van der Waals surface area contributed by atoms with Crippen molar-refractivity contribution >= 4 is 11.6 Å². The highest BCUT2D eigenvalue weighted by Gasteiger charge is 2.28. The first-order valence-electron chi connectivity index (χ1n) is 7.99. The molecule has 0 saturated carbocycles. The van der Waals surface area contributed by atoms with Gasteiger partial charge in [0.25, 0.3) is 0 Å². The van der Waals surface area contributed by atoms with E-state index in [1.54, 1.807) is 0 Å². The van der Waals surface area contributed by atoms with E-state index in [-0.39, 0.29) is 6.10 Å². The molecule has 1 fully saturated rings. The van der Waals surface area contributed by atoms with Gasteiger partial charge in [-0.2, -0.15) is 0 Å². The van der Waals surface area contributed by atoms with Crippen LogP contribution in [0.5, 0.6) is 0 Å². The standard InChI is InChI=1S/C16H28N4O/c1-6-17-15-11(4)16(19-14(18-15)10(2)3)20-8-7-13(9-20)12(5)21/h10,12-13,21H,6-9H2,1-5H3,(H,17,18,19). The summed E-state index contributed by atoms with van der Waals surface area (Å²) in [6.45, 7) is 13.0. The van der Waals surface area contributed by atoms with Crippen molar-refractivity contribution in [1.29, 1.82) is 0 Å². The van der Waals surface area contributed by atoms with E-state index in [1.807, 2.05) is 6.92 Å². The van der Waals surface area contributed by atoms with Gasteiger partial charge in [0.2, 0.25) is 0 Å². The summed E-state index contributed by atoms with van der Waals surface area (Å²) in [6, 6.07) is 0. The van der Waals surface area contributed by atoms with E-state index in [0.29, 0.717) is 11.8 Å². The smallest absolute Gasteiger partial charge is 0.137 e. The molecule has 0 radical (unpaired) electrons. The Bertz CT molecular complexity index is 487. The highest BCUT2D eigenvalue weighted by Crippen LogP contribution is 2.30. The monoisotopic (exact) mass is 292 g/mol. The molecule has 2 N–H and O–H groups in total. The second-order valence-electron chi connectivity index (χ2n) is 6.30. The Labute approximate surface area is 127 Å². The predicted octanol–water partition coefficient (Wildman–Crippen LogP) is 2.55. The molecule has 2 unspecified atom stereocenters. The maximum atomic E-state index is 9.80. The highest BCUT2D eigenvalue weighted by molar-refractivity contribution is 5.59. The number of rotatable bonds is 5. The molecule has 2 heterocycles. The molecule has 5 heteroatoms. The summed E-state index contributed by atoms with van der Waals surface area (Å²) < 4.78 is 0. The molecule has 5 nitrogen and oxygen atoms in total. The van der Waals surface area contributed by atoms with Crippen molar-refractivity contribution in [2.24, 2.45) is 5.92 Å². The average molecular weight is 292 g/mol. The molecule has 0 aliphatic carbocycles. The zero-order chi connectivity index (χ0) is 15.6. The third-order valence-corrected chi connectivity index (χ3v) is 4.20. The quantitative estimate of drug-likeness (QED) is 0.873. The summed E-state index contributed by atoms with van der Waals surface area (Å²) in [7, 11) is 0. The Hall–Kier alpha value is -1.36. The molecule has 1 saturated heterocycles. The topological polar surface area (TPSA) is 61.3 Å². The Morgan fingerprint density at radius 1 is 1.33 bits per heavy atom. The van der Waals surface area contributed by atoms with Crippen molar-refractivity contribution in [2.75, 3.05) is 29.9 Å². The van der Waals surface area contributed by atoms with Crippen LogP contribution in [0, 0.1) is 12.8 Å². The number of aliphatic hydroxyl groups excluding tert-OH is 1. The number of nitrogens with one attached hydrogen (secondary N) is 1. The van der Waals surface area contributed by atoms with Crippen LogP contribution in [0.15, 0.2) is 0 Å². The SMILES string of the molecule is CCNc1nc(C(C)C)nc(N2CCC(C(C)O)C2)c1C. The molecule has 0 aromatic carbocycles.